The lowest BCUT2D eigenvalue weighted by Gasteiger charge is -2.28. The van der Waals surface area contributed by atoms with Gasteiger partial charge in [-0.1, -0.05) is 20.3 Å². The fraction of sp³-hybridized carbons (Fsp3) is 1.00. The van der Waals surface area contributed by atoms with Crippen molar-refractivity contribution in [2.45, 2.75) is 59.4 Å². The van der Waals surface area contributed by atoms with Gasteiger partial charge in [-0.25, -0.2) is 0 Å². The third-order valence-electron chi connectivity index (χ3n) is 3.97. The lowest BCUT2D eigenvalue weighted by Crippen LogP contribution is -2.33. The molecule has 0 saturated carbocycles. The molecule has 0 aromatic carbocycles. The maximum Gasteiger partial charge on any atom is 0.0471 e. The molecule has 1 saturated heterocycles. The second-order valence-electron chi connectivity index (χ2n) is 5.62. The highest BCUT2D eigenvalue weighted by atomic mass is 16.5. The zero-order valence-corrected chi connectivity index (χ0v) is 11.6. The Morgan fingerprint density at radius 1 is 1.38 bits per heavy atom. The van der Waals surface area contributed by atoms with Crippen molar-refractivity contribution in [1.29, 1.82) is 0 Å². The highest BCUT2D eigenvalue weighted by Crippen LogP contribution is 2.34. The van der Waals surface area contributed by atoms with Gasteiger partial charge in [0.05, 0.1) is 0 Å². The molecule has 1 aliphatic heterocycles. The molecule has 0 N–H and O–H groups in total. The van der Waals surface area contributed by atoms with Gasteiger partial charge in [0.1, 0.15) is 0 Å². The van der Waals surface area contributed by atoms with Crippen molar-refractivity contribution in [1.82, 2.24) is 4.90 Å². The average molecular weight is 227 g/mol. The fourth-order valence-electron chi connectivity index (χ4n) is 2.71. The monoisotopic (exact) mass is 227 g/mol. The van der Waals surface area contributed by atoms with E-state index in [0.717, 1.165) is 19.3 Å². The molecule has 2 unspecified atom stereocenters. The Kier molecular flexibility index (Phi) is 5.77. The summed E-state index contributed by atoms with van der Waals surface area (Å²) in [5, 5.41) is 0. The van der Waals surface area contributed by atoms with E-state index in [1.165, 1.54) is 38.8 Å². The minimum atomic E-state index is 0.497. The van der Waals surface area contributed by atoms with E-state index >= 15 is 0 Å². The molecule has 16 heavy (non-hydrogen) atoms. The molecule has 0 bridgehead atoms. The van der Waals surface area contributed by atoms with Crippen molar-refractivity contribution in [2.24, 2.45) is 5.41 Å². The van der Waals surface area contributed by atoms with Crippen LogP contribution >= 0.6 is 0 Å². The van der Waals surface area contributed by atoms with Gasteiger partial charge < -0.3 is 9.64 Å². The molecule has 0 aromatic heterocycles. The van der Waals surface area contributed by atoms with Crippen molar-refractivity contribution in [3.8, 4) is 0 Å². The second kappa shape index (κ2) is 6.61. The number of ether oxygens (including phenoxy) is 1. The summed E-state index contributed by atoms with van der Waals surface area (Å²) in [6, 6.07) is 0.763. The Morgan fingerprint density at radius 3 is 2.75 bits per heavy atom. The molecule has 0 spiro atoms. The first kappa shape index (κ1) is 14.0. The smallest absolute Gasteiger partial charge is 0.0471 e. The number of hydrogen-bond acceptors (Lipinski definition) is 2. The second-order valence-corrected chi connectivity index (χ2v) is 5.62. The van der Waals surface area contributed by atoms with E-state index < -0.39 is 0 Å². The highest BCUT2D eigenvalue weighted by molar-refractivity contribution is 4.88. The van der Waals surface area contributed by atoms with E-state index in [2.05, 4.69) is 32.6 Å². The van der Waals surface area contributed by atoms with E-state index in [1.54, 1.807) is 0 Å². The van der Waals surface area contributed by atoms with Gasteiger partial charge in [0, 0.05) is 25.8 Å². The van der Waals surface area contributed by atoms with Crippen LogP contribution in [0.1, 0.15) is 53.4 Å². The predicted molar refractivity (Wildman–Crippen MR) is 69.8 cm³/mol. The Balaban J connectivity index is 2.31. The summed E-state index contributed by atoms with van der Waals surface area (Å²) in [5.74, 6) is 0. The zero-order chi connectivity index (χ0) is 12.0. The molecule has 2 heteroatoms. The summed E-state index contributed by atoms with van der Waals surface area (Å²) in [6.07, 6.45) is 5.19. The van der Waals surface area contributed by atoms with Gasteiger partial charge in [-0.15, -0.1) is 0 Å². The van der Waals surface area contributed by atoms with Gasteiger partial charge in [0.15, 0.2) is 0 Å². The first-order valence-corrected chi connectivity index (χ1v) is 6.93. The Morgan fingerprint density at radius 2 is 2.12 bits per heavy atom. The fourth-order valence-corrected chi connectivity index (χ4v) is 2.71. The Hall–Kier alpha value is -0.0800. The average Bonchev–Trinajstić information content (AvgIpc) is 2.62. The number of hydrogen-bond donors (Lipinski definition) is 0. The molecule has 1 aliphatic rings. The Labute approximate surface area is 101 Å². The van der Waals surface area contributed by atoms with E-state index in [-0.39, 0.29) is 0 Å². The van der Waals surface area contributed by atoms with Gasteiger partial charge in [-0.2, -0.15) is 0 Å². The van der Waals surface area contributed by atoms with Crippen LogP contribution in [0.4, 0.5) is 0 Å². The molecule has 0 amide bonds. The van der Waals surface area contributed by atoms with E-state index in [4.69, 9.17) is 4.74 Å². The Bertz CT molecular complexity index is 195. The van der Waals surface area contributed by atoms with Crippen molar-refractivity contribution in [3.05, 3.63) is 0 Å². The topological polar surface area (TPSA) is 12.5 Å². The van der Waals surface area contributed by atoms with E-state index in [1.807, 2.05) is 0 Å². The normalized spacial score (nSPS) is 28.5. The van der Waals surface area contributed by atoms with Crippen molar-refractivity contribution in [3.63, 3.8) is 0 Å². The van der Waals surface area contributed by atoms with E-state index in [0.29, 0.717) is 5.41 Å². The van der Waals surface area contributed by atoms with Crippen LogP contribution in [0.25, 0.3) is 0 Å². The lowest BCUT2D eigenvalue weighted by atomic mass is 9.86. The van der Waals surface area contributed by atoms with Crippen LogP contribution in [0.15, 0.2) is 0 Å². The molecular formula is C14H29NO. The van der Waals surface area contributed by atoms with Crippen LogP contribution in [0.5, 0.6) is 0 Å². The van der Waals surface area contributed by atoms with Gasteiger partial charge in [0.25, 0.3) is 0 Å². The molecule has 1 fully saturated rings. The first-order chi connectivity index (χ1) is 7.61. The number of nitrogens with zero attached hydrogens (tertiary/aromatic N) is 1. The van der Waals surface area contributed by atoms with Gasteiger partial charge in [0.2, 0.25) is 0 Å². The summed E-state index contributed by atoms with van der Waals surface area (Å²) >= 11 is 0. The molecule has 1 rings (SSSR count). The first-order valence-electron chi connectivity index (χ1n) is 6.93. The third-order valence-corrected chi connectivity index (χ3v) is 3.97. The highest BCUT2D eigenvalue weighted by Gasteiger charge is 2.34. The van der Waals surface area contributed by atoms with Gasteiger partial charge >= 0.3 is 0 Å². The van der Waals surface area contributed by atoms with Gasteiger partial charge in [-0.3, -0.25) is 0 Å². The molecule has 0 aromatic rings. The summed E-state index contributed by atoms with van der Waals surface area (Å²) in [6.45, 7) is 13.5. The predicted octanol–water partition coefficient (Wildman–Crippen LogP) is 3.31. The molecule has 96 valence electrons. The molecule has 1 heterocycles. The quantitative estimate of drug-likeness (QED) is 0.619. The largest absolute Gasteiger partial charge is 0.382 e. The van der Waals surface area contributed by atoms with Crippen LogP contribution in [0.3, 0.4) is 0 Å². The molecule has 2 atom stereocenters. The minimum Gasteiger partial charge on any atom is -0.382 e. The maximum atomic E-state index is 5.49. The number of likely N-dealkylation sites (tertiary alicyclic amines) is 1. The van der Waals surface area contributed by atoms with Crippen LogP contribution in [-0.4, -0.2) is 37.2 Å². The maximum absolute atomic E-state index is 5.49. The molecular weight excluding hydrogens is 198 g/mol. The molecule has 0 aliphatic carbocycles. The number of rotatable bonds is 7. The molecule has 0 radical (unpaired) electrons. The standard InChI is InChI=1S/C14H29NO/c1-5-7-13(3)15-10-8-14(4,12-15)9-11-16-6-2/h13H,5-12H2,1-4H3. The summed E-state index contributed by atoms with van der Waals surface area (Å²) in [7, 11) is 0. The van der Waals surface area contributed by atoms with Crippen molar-refractivity contribution < 1.29 is 4.74 Å². The lowest BCUT2D eigenvalue weighted by molar-refractivity contribution is 0.107. The van der Waals surface area contributed by atoms with E-state index in [9.17, 15) is 0 Å². The molecule has 2 nitrogen and oxygen atoms in total. The van der Waals surface area contributed by atoms with Crippen molar-refractivity contribution in [2.75, 3.05) is 26.3 Å². The summed E-state index contributed by atoms with van der Waals surface area (Å²) < 4.78 is 5.49. The van der Waals surface area contributed by atoms with Crippen LogP contribution in [-0.2, 0) is 4.74 Å². The van der Waals surface area contributed by atoms with Crippen LogP contribution < -0.4 is 0 Å². The van der Waals surface area contributed by atoms with Gasteiger partial charge in [-0.05, 0) is 45.1 Å². The van der Waals surface area contributed by atoms with Crippen molar-refractivity contribution >= 4 is 0 Å². The zero-order valence-electron chi connectivity index (χ0n) is 11.6. The van der Waals surface area contributed by atoms with Crippen LogP contribution in [0.2, 0.25) is 0 Å². The van der Waals surface area contributed by atoms with Crippen LogP contribution in [0, 0.1) is 5.41 Å². The third kappa shape index (κ3) is 4.06. The summed E-state index contributed by atoms with van der Waals surface area (Å²) in [4.78, 5) is 2.66. The minimum absolute atomic E-state index is 0.497. The summed E-state index contributed by atoms with van der Waals surface area (Å²) in [5.41, 5.74) is 0.497. The SMILES string of the molecule is CCCC(C)N1CCC(C)(CCOCC)C1.